The number of thiazole rings is 1. The lowest BCUT2D eigenvalue weighted by atomic mass is 10.2. The van der Waals surface area contributed by atoms with Gasteiger partial charge in [0.25, 0.3) is 0 Å². The smallest absolute Gasteiger partial charge is 0.220 e. The molecule has 1 aliphatic rings. The van der Waals surface area contributed by atoms with Gasteiger partial charge in [-0.1, -0.05) is 19.0 Å². The maximum atomic E-state index is 12.5. The highest BCUT2D eigenvalue weighted by atomic mass is 127. The second-order valence-corrected chi connectivity index (χ2v) is 9.72. The number of aromatic nitrogens is 2. The summed E-state index contributed by atoms with van der Waals surface area (Å²) in [6, 6.07) is 1.57. The molecule has 0 atom stereocenters. The summed E-state index contributed by atoms with van der Waals surface area (Å²) >= 11 is 1.67. The van der Waals surface area contributed by atoms with E-state index in [4.69, 9.17) is 4.52 Å². The minimum atomic E-state index is -3.41. The Hall–Kier alpha value is -1.25. The van der Waals surface area contributed by atoms with Crippen molar-refractivity contribution in [3.05, 3.63) is 34.1 Å². The number of guanidine groups is 1. The lowest BCUT2D eigenvalue weighted by Crippen LogP contribution is -2.53. The van der Waals surface area contributed by atoms with Gasteiger partial charge >= 0.3 is 0 Å². The molecule has 9 nitrogen and oxygen atoms in total. The number of rotatable bonds is 6. The van der Waals surface area contributed by atoms with Crippen LogP contribution >= 0.6 is 35.3 Å². The first-order valence-electron chi connectivity index (χ1n) is 9.16. The molecule has 0 saturated carbocycles. The quantitative estimate of drug-likeness (QED) is 0.332. The van der Waals surface area contributed by atoms with Crippen molar-refractivity contribution in [1.29, 1.82) is 0 Å². The normalized spacial score (nSPS) is 16.1. The van der Waals surface area contributed by atoms with Crippen molar-refractivity contribution in [3.8, 4) is 0 Å². The first-order chi connectivity index (χ1) is 13.4. The maximum Gasteiger partial charge on any atom is 0.220 e. The Morgan fingerprint density at radius 3 is 2.59 bits per heavy atom. The molecule has 0 radical (unpaired) electrons. The molecule has 162 valence electrons. The summed E-state index contributed by atoms with van der Waals surface area (Å²) in [6.07, 6.45) is 1.38. The lowest BCUT2D eigenvalue weighted by molar-refractivity contribution is 0.259. The van der Waals surface area contributed by atoms with Crippen molar-refractivity contribution in [2.24, 2.45) is 4.99 Å². The largest absolute Gasteiger partial charge is 0.364 e. The summed E-state index contributed by atoms with van der Waals surface area (Å²) in [4.78, 5) is 11.0. The third kappa shape index (κ3) is 6.36. The van der Waals surface area contributed by atoms with E-state index < -0.39 is 10.0 Å². The average Bonchev–Trinajstić information content (AvgIpc) is 3.34. The van der Waals surface area contributed by atoms with Crippen LogP contribution in [0.4, 0.5) is 0 Å². The molecule has 1 fully saturated rings. The summed E-state index contributed by atoms with van der Waals surface area (Å²) in [5.74, 6) is 1.04. The van der Waals surface area contributed by atoms with Gasteiger partial charge < -0.3 is 14.7 Å². The fourth-order valence-electron chi connectivity index (χ4n) is 2.94. The van der Waals surface area contributed by atoms with Gasteiger partial charge in [0.15, 0.2) is 5.96 Å². The monoisotopic (exact) mass is 554 g/mol. The van der Waals surface area contributed by atoms with Gasteiger partial charge in [0.05, 0.1) is 22.9 Å². The van der Waals surface area contributed by atoms with E-state index in [-0.39, 0.29) is 29.7 Å². The Morgan fingerprint density at radius 2 is 2.03 bits per heavy atom. The average molecular weight is 554 g/mol. The van der Waals surface area contributed by atoms with Crippen LogP contribution in [0, 0.1) is 0 Å². The molecule has 1 aliphatic heterocycles. The first kappa shape index (κ1) is 24.0. The maximum absolute atomic E-state index is 12.5. The van der Waals surface area contributed by atoms with E-state index in [0.717, 1.165) is 16.7 Å². The van der Waals surface area contributed by atoms with Gasteiger partial charge in [0.1, 0.15) is 12.0 Å². The van der Waals surface area contributed by atoms with E-state index in [1.54, 1.807) is 24.5 Å². The van der Waals surface area contributed by atoms with Crippen molar-refractivity contribution in [3.63, 3.8) is 0 Å². The van der Waals surface area contributed by atoms with Crippen LogP contribution in [-0.2, 0) is 22.3 Å². The number of aliphatic imine (C=N–C) groups is 1. The van der Waals surface area contributed by atoms with Gasteiger partial charge in [0, 0.05) is 50.6 Å². The lowest BCUT2D eigenvalue weighted by Gasteiger charge is -2.35. The summed E-state index contributed by atoms with van der Waals surface area (Å²) < 4.78 is 31.3. The highest BCUT2D eigenvalue weighted by Gasteiger charge is 2.29. The van der Waals surface area contributed by atoms with Crippen LogP contribution in [0.25, 0.3) is 0 Å². The topological polar surface area (TPSA) is 104 Å². The van der Waals surface area contributed by atoms with E-state index in [9.17, 15) is 8.42 Å². The molecule has 0 aliphatic carbocycles. The molecule has 0 amide bonds. The summed E-state index contributed by atoms with van der Waals surface area (Å²) in [5.41, 5.74) is 1.41. The third-order valence-corrected chi connectivity index (χ3v) is 7.46. The van der Waals surface area contributed by atoms with Crippen molar-refractivity contribution in [2.45, 2.75) is 32.1 Å². The van der Waals surface area contributed by atoms with E-state index >= 15 is 0 Å². The number of nitrogens with zero attached hydrogens (tertiary/aromatic N) is 5. The number of hydrogen-bond acceptors (Lipinski definition) is 7. The van der Waals surface area contributed by atoms with Gasteiger partial charge in [-0.2, -0.15) is 4.31 Å². The zero-order valence-corrected chi connectivity index (χ0v) is 20.7. The second kappa shape index (κ2) is 10.7. The number of hydrogen-bond donors (Lipinski definition) is 1. The molecule has 12 heteroatoms. The van der Waals surface area contributed by atoms with Crippen LogP contribution < -0.4 is 5.32 Å². The zero-order valence-electron chi connectivity index (χ0n) is 16.7. The van der Waals surface area contributed by atoms with Crippen LogP contribution in [0.3, 0.4) is 0 Å². The predicted molar refractivity (Wildman–Crippen MR) is 124 cm³/mol. The van der Waals surface area contributed by atoms with E-state index in [1.807, 2.05) is 0 Å². The van der Waals surface area contributed by atoms with Crippen LogP contribution in [0.15, 0.2) is 27.2 Å². The van der Waals surface area contributed by atoms with Crippen LogP contribution in [0.1, 0.15) is 36.2 Å². The van der Waals surface area contributed by atoms with Crippen LogP contribution in [0.5, 0.6) is 0 Å². The molecule has 0 unspecified atom stereocenters. The van der Waals surface area contributed by atoms with Crippen molar-refractivity contribution in [2.75, 3.05) is 33.2 Å². The molecule has 3 heterocycles. The van der Waals surface area contributed by atoms with E-state index in [1.165, 1.54) is 10.6 Å². The molecule has 2 aromatic rings. The minimum absolute atomic E-state index is 0. The summed E-state index contributed by atoms with van der Waals surface area (Å²) in [6.45, 7) is 6.83. The van der Waals surface area contributed by atoms with Gasteiger partial charge in [-0.15, -0.1) is 35.3 Å². The molecular weight excluding hydrogens is 527 g/mol. The van der Waals surface area contributed by atoms with Crippen LogP contribution in [0.2, 0.25) is 0 Å². The Kier molecular flexibility index (Phi) is 8.85. The molecule has 3 rings (SSSR count). The SMILES string of the molecule is CN=C(NCc1csc(C(C)C)n1)N1CCN(S(=O)(=O)Cc2ccon2)CC1.I. The fraction of sp³-hybridized carbons (Fsp3) is 0.588. The van der Waals surface area contributed by atoms with E-state index in [2.05, 4.69) is 44.6 Å². The highest BCUT2D eigenvalue weighted by Crippen LogP contribution is 2.19. The minimum Gasteiger partial charge on any atom is -0.364 e. The molecule has 0 spiro atoms. The number of halogens is 1. The molecule has 0 bridgehead atoms. The predicted octanol–water partition coefficient (Wildman–Crippen LogP) is 2.10. The molecule has 2 aromatic heterocycles. The van der Waals surface area contributed by atoms with Crippen molar-refractivity contribution >= 4 is 51.3 Å². The Balaban J connectivity index is 0.00000300. The fourth-order valence-corrected chi connectivity index (χ4v) is 5.20. The Labute approximate surface area is 192 Å². The molecular formula is C17H27IN6O3S2. The third-order valence-electron chi connectivity index (χ3n) is 4.46. The second-order valence-electron chi connectivity index (χ2n) is 6.87. The summed E-state index contributed by atoms with van der Waals surface area (Å²) in [5, 5.41) is 10.2. The van der Waals surface area contributed by atoms with Gasteiger partial charge in [-0.25, -0.2) is 13.4 Å². The number of nitrogens with one attached hydrogen (secondary N) is 1. The van der Waals surface area contributed by atoms with Gasteiger partial charge in [0.2, 0.25) is 10.0 Å². The van der Waals surface area contributed by atoms with Crippen molar-refractivity contribution < 1.29 is 12.9 Å². The standard InChI is InChI=1S/C17H26N6O3S2.HI/c1-13(2)16-20-15(11-27-16)10-19-17(18-3)22-5-7-23(8-6-22)28(24,25)12-14-4-9-26-21-14;/h4,9,11,13H,5-8,10,12H2,1-3H3,(H,18,19);1H. The van der Waals surface area contributed by atoms with Gasteiger partial charge in [-0.05, 0) is 0 Å². The summed E-state index contributed by atoms with van der Waals surface area (Å²) in [7, 11) is -1.67. The highest BCUT2D eigenvalue weighted by molar-refractivity contribution is 14.0. The molecule has 0 aromatic carbocycles. The van der Waals surface area contributed by atoms with Crippen molar-refractivity contribution in [1.82, 2.24) is 24.7 Å². The Morgan fingerprint density at radius 1 is 1.31 bits per heavy atom. The first-order valence-corrected chi connectivity index (χ1v) is 11.6. The van der Waals surface area contributed by atoms with Crippen LogP contribution in [-0.4, -0.2) is 66.9 Å². The molecule has 1 saturated heterocycles. The molecule has 1 N–H and O–H groups in total. The molecule has 29 heavy (non-hydrogen) atoms. The zero-order chi connectivity index (χ0) is 20.1. The van der Waals surface area contributed by atoms with Gasteiger partial charge in [-0.3, -0.25) is 4.99 Å². The van der Waals surface area contributed by atoms with E-state index in [0.29, 0.717) is 44.3 Å². The number of sulfonamides is 1. The number of piperazine rings is 1. The Bertz CT molecular complexity index is 890.